The molecule has 0 N–H and O–H groups in total. The van der Waals surface area contributed by atoms with E-state index in [1.54, 1.807) is 0 Å². The van der Waals surface area contributed by atoms with Gasteiger partial charge in [-0.1, -0.05) is 29.8 Å². The zero-order valence-corrected chi connectivity index (χ0v) is 11.5. The van der Waals surface area contributed by atoms with Crippen molar-refractivity contribution in [3.05, 3.63) is 35.4 Å². The Morgan fingerprint density at radius 3 is 2.67 bits per heavy atom. The molecule has 0 radical (unpaired) electrons. The Labute approximate surface area is 110 Å². The highest BCUT2D eigenvalue weighted by Gasteiger charge is 2.19. The van der Waals surface area contributed by atoms with Crippen LogP contribution < -0.4 is 0 Å². The molecular weight excluding hydrogens is 222 g/mol. The summed E-state index contributed by atoms with van der Waals surface area (Å²) in [4.78, 5) is 13.6. The third-order valence-corrected chi connectivity index (χ3v) is 3.77. The molecule has 18 heavy (non-hydrogen) atoms. The summed E-state index contributed by atoms with van der Waals surface area (Å²) in [5.74, 6) is 1.16. The standard InChI is InChI=1S/C16H23NO/c1-13-4-3-5-15(10-13)12-17(2)11-14-6-8-16(18)9-7-14/h3-5,10,14H,6-9,11-12H2,1-2H3. The monoisotopic (exact) mass is 245 g/mol. The van der Waals surface area contributed by atoms with Crippen LogP contribution in [-0.2, 0) is 11.3 Å². The summed E-state index contributed by atoms with van der Waals surface area (Å²) in [6.07, 6.45) is 3.75. The summed E-state index contributed by atoms with van der Waals surface area (Å²) >= 11 is 0. The Morgan fingerprint density at radius 1 is 1.28 bits per heavy atom. The maximum absolute atomic E-state index is 11.2. The molecule has 2 rings (SSSR count). The second-order valence-electron chi connectivity index (χ2n) is 5.67. The molecule has 1 fully saturated rings. The van der Waals surface area contributed by atoms with Crippen LogP contribution in [0.1, 0.15) is 36.8 Å². The first-order valence-corrected chi connectivity index (χ1v) is 6.89. The van der Waals surface area contributed by atoms with Gasteiger partial charge in [-0.2, -0.15) is 0 Å². The molecule has 0 atom stereocenters. The Hall–Kier alpha value is -1.15. The number of carbonyl (C=O) groups is 1. The van der Waals surface area contributed by atoms with Crippen molar-refractivity contribution in [2.45, 2.75) is 39.2 Å². The van der Waals surface area contributed by atoms with Gasteiger partial charge in [-0.05, 0) is 38.3 Å². The first-order chi connectivity index (χ1) is 8.63. The first-order valence-electron chi connectivity index (χ1n) is 6.89. The van der Waals surface area contributed by atoms with E-state index in [4.69, 9.17) is 0 Å². The quantitative estimate of drug-likeness (QED) is 0.812. The van der Waals surface area contributed by atoms with Crippen LogP contribution in [0.4, 0.5) is 0 Å². The van der Waals surface area contributed by atoms with Gasteiger partial charge in [0.15, 0.2) is 0 Å². The molecule has 1 aliphatic carbocycles. The molecule has 0 aliphatic heterocycles. The first kappa shape index (κ1) is 13.3. The van der Waals surface area contributed by atoms with Crippen molar-refractivity contribution in [3.63, 3.8) is 0 Å². The van der Waals surface area contributed by atoms with E-state index in [-0.39, 0.29) is 0 Å². The fourth-order valence-corrected chi connectivity index (χ4v) is 2.81. The van der Waals surface area contributed by atoms with E-state index < -0.39 is 0 Å². The zero-order valence-electron chi connectivity index (χ0n) is 11.5. The van der Waals surface area contributed by atoms with Crippen molar-refractivity contribution in [1.82, 2.24) is 4.90 Å². The minimum absolute atomic E-state index is 0.451. The van der Waals surface area contributed by atoms with Gasteiger partial charge in [0.2, 0.25) is 0 Å². The van der Waals surface area contributed by atoms with Crippen LogP contribution in [0.5, 0.6) is 0 Å². The number of hydrogen-bond acceptors (Lipinski definition) is 2. The number of carbonyl (C=O) groups excluding carboxylic acids is 1. The molecule has 1 aromatic rings. The Bertz CT molecular complexity index is 403. The highest BCUT2D eigenvalue weighted by Crippen LogP contribution is 2.22. The van der Waals surface area contributed by atoms with E-state index in [0.717, 1.165) is 38.8 Å². The maximum atomic E-state index is 11.2. The topological polar surface area (TPSA) is 20.3 Å². The van der Waals surface area contributed by atoms with Gasteiger partial charge in [0.1, 0.15) is 5.78 Å². The van der Waals surface area contributed by atoms with E-state index in [2.05, 4.69) is 43.1 Å². The van der Waals surface area contributed by atoms with Gasteiger partial charge in [-0.15, -0.1) is 0 Å². The van der Waals surface area contributed by atoms with Crippen LogP contribution in [0.3, 0.4) is 0 Å². The molecule has 1 saturated carbocycles. The minimum atomic E-state index is 0.451. The SMILES string of the molecule is Cc1cccc(CN(C)CC2CCC(=O)CC2)c1. The minimum Gasteiger partial charge on any atom is -0.302 e. The van der Waals surface area contributed by atoms with Crippen LogP contribution >= 0.6 is 0 Å². The van der Waals surface area contributed by atoms with E-state index in [9.17, 15) is 4.79 Å². The summed E-state index contributed by atoms with van der Waals surface area (Å²) in [5.41, 5.74) is 2.70. The lowest BCUT2D eigenvalue weighted by molar-refractivity contribution is -0.121. The van der Waals surface area contributed by atoms with Crippen molar-refractivity contribution in [1.29, 1.82) is 0 Å². The molecule has 2 nitrogen and oxygen atoms in total. The van der Waals surface area contributed by atoms with Crippen molar-refractivity contribution in [3.8, 4) is 0 Å². The lowest BCUT2D eigenvalue weighted by atomic mass is 9.88. The predicted molar refractivity (Wildman–Crippen MR) is 74.5 cm³/mol. The van der Waals surface area contributed by atoms with Crippen LogP contribution in [0.15, 0.2) is 24.3 Å². The smallest absolute Gasteiger partial charge is 0.132 e. The van der Waals surface area contributed by atoms with Gasteiger partial charge < -0.3 is 4.90 Å². The van der Waals surface area contributed by atoms with Gasteiger partial charge in [-0.3, -0.25) is 4.79 Å². The second-order valence-corrected chi connectivity index (χ2v) is 5.67. The number of ketones is 1. The summed E-state index contributed by atoms with van der Waals surface area (Å²) in [5, 5.41) is 0. The Kier molecular flexibility index (Phi) is 4.54. The zero-order chi connectivity index (χ0) is 13.0. The molecule has 2 heteroatoms. The van der Waals surface area contributed by atoms with Crippen LogP contribution in [-0.4, -0.2) is 24.3 Å². The molecule has 0 bridgehead atoms. The molecule has 0 saturated heterocycles. The van der Waals surface area contributed by atoms with Crippen molar-refractivity contribution < 1.29 is 4.79 Å². The van der Waals surface area contributed by atoms with Gasteiger partial charge in [-0.25, -0.2) is 0 Å². The highest BCUT2D eigenvalue weighted by molar-refractivity contribution is 5.79. The molecule has 1 aromatic carbocycles. The molecule has 0 aromatic heterocycles. The summed E-state index contributed by atoms with van der Waals surface area (Å²) in [6, 6.07) is 8.70. The van der Waals surface area contributed by atoms with Gasteiger partial charge >= 0.3 is 0 Å². The van der Waals surface area contributed by atoms with Crippen molar-refractivity contribution >= 4 is 5.78 Å². The number of nitrogens with zero attached hydrogens (tertiary/aromatic N) is 1. The van der Waals surface area contributed by atoms with E-state index in [0.29, 0.717) is 11.7 Å². The Morgan fingerprint density at radius 2 is 2.00 bits per heavy atom. The second kappa shape index (κ2) is 6.14. The van der Waals surface area contributed by atoms with Crippen LogP contribution in [0.25, 0.3) is 0 Å². The molecule has 0 unspecified atom stereocenters. The number of benzene rings is 1. The third kappa shape index (κ3) is 3.95. The average molecular weight is 245 g/mol. The van der Waals surface area contributed by atoms with Gasteiger partial charge in [0, 0.05) is 25.9 Å². The van der Waals surface area contributed by atoms with Crippen LogP contribution in [0.2, 0.25) is 0 Å². The van der Waals surface area contributed by atoms with E-state index in [1.165, 1.54) is 11.1 Å². The fourth-order valence-electron chi connectivity index (χ4n) is 2.81. The van der Waals surface area contributed by atoms with E-state index in [1.807, 2.05) is 0 Å². The van der Waals surface area contributed by atoms with Gasteiger partial charge in [0.05, 0.1) is 0 Å². The third-order valence-electron chi connectivity index (χ3n) is 3.77. The average Bonchev–Trinajstić information content (AvgIpc) is 2.32. The molecular formula is C16H23NO. The highest BCUT2D eigenvalue weighted by atomic mass is 16.1. The van der Waals surface area contributed by atoms with Crippen molar-refractivity contribution in [2.75, 3.05) is 13.6 Å². The fraction of sp³-hybridized carbons (Fsp3) is 0.562. The summed E-state index contributed by atoms with van der Waals surface area (Å²) in [6.45, 7) is 4.25. The maximum Gasteiger partial charge on any atom is 0.132 e. The normalized spacial score (nSPS) is 17.4. The summed E-state index contributed by atoms with van der Waals surface area (Å²) < 4.78 is 0. The van der Waals surface area contributed by atoms with Crippen molar-refractivity contribution in [2.24, 2.45) is 5.92 Å². The molecule has 0 amide bonds. The molecule has 0 spiro atoms. The van der Waals surface area contributed by atoms with Gasteiger partial charge in [0.25, 0.3) is 0 Å². The Balaban J connectivity index is 1.81. The van der Waals surface area contributed by atoms with Crippen LogP contribution in [0, 0.1) is 12.8 Å². The number of Topliss-reactive ketones (excluding diaryl/α,β-unsaturated/α-hetero) is 1. The molecule has 98 valence electrons. The van der Waals surface area contributed by atoms with E-state index >= 15 is 0 Å². The predicted octanol–water partition coefficient (Wildman–Crippen LogP) is 3.19. The number of hydrogen-bond donors (Lipinski definition) is 0. The molecule has 1 aliphatic rings. The lowest BCUT2D eigenvalue weighted by Gasteiger charge is -2.26. The number of rotatable bonds is 4. The molecule has 0 heterocycles. The summed E-state index contributed by atoms with van der Waals surface area (Å²) in [7, 11) is 2.18. The lowest BCUT2D eigenvalue weighted by Crippen LogP contribution is -2.28. The largest absolute Gasteiger partial charge is 0.302 e. The number of aryl methyl sites for hydroxylation is 1.